The van der Waals surface area contributed by atoms with E-state index >= 15 is 0 Å². The molecule has 1 saturated carbocycles. The molecule has 1 aliphatic carbocycles. The van der Waals surface area contributed by atoms with E-state index in [4.69, 9.17) is 9.26 Å². The van der Waals surface area contributed by atoms with Crippen molar-refractivity contribution in [2.24, 2.45) is 5.92 Å². The number of nitrogens with one attached hydrogen (secondary N) is 1. The Morgan fingerprint density at radius 3 is 2.57 bits per heavy atom. The van der Waals surface area contributed by atoms with Crippen LogP contribution in [0.5, 0.6) is 5.75 Å². The third-order valence-corrected chi connectivity index (χ3v) is 5.84. The molecule has 1 aromatic carbocycles. The summed E-state index contributed by atoms with van der Waals surface area (Å²) in [6.07, 6.45) is 6.53. The van der Waals surface area contributed by atoms with Crippen LogP contribution in [0.15, 0.2) is 28.8 Å². The van der Waals surface area contributed by atoms with E-state index in [0.29, 0.717) is 24.3 Å². The number of hydrogen-bond donors (Lipinski definition) is 1. The Morgan fingerprint density at radius 1 is 1.18 bits per heavy atom. The van der Waals surface area contributed by atoms with Gasteiger partial charge in [0.1, 0.15) is 5.75 Å². The predicted molar refractivity (Wildman–Crippen MR) is 105 cm³/mol. The van der Waals surface area contributed by atoms with Crippen LogP contribution in [-0.4, -0.2) is 47.2 Å². The molecule has 0 bridgehead atoms. The van der Waals surface area contributed by atoms with Crippen LogP contribution in [-0.2, 0) is 11.3 Å². The minimum Gasteiger partial charge on any atom is -0.497 e. The fourth-order valence-corrected chi connectivity index (χ4v) is 4.11. The molecule has 0 radical (unpaired) electrons. The third-order valence-electron chi connectivity index (χ3n) is 5.84. The molecular weight excluding hydrogens is 356 g/mol. The molecule has 28 heavy (non-hydrogen) atoms. The van der Waals surface area contributed by atoms with Crippen LogP contribution in [0.1, 0.15) is 44.4 Å². The maximum absolute atomic E-state index is 12.4. The van der Waals surface area contributed by atoms with Gasteiger partial charge >= 0.3 is 0 Å². The van der Waals surface area contributed by atoms with E-state index in [1.54, 1.807) is 7.11 Å². The van der Waals surface area contributed by atoms with E-state index in [1.807, 2.05) is 24.3 Å². The molecule has 1 aromatic heterocycles. The summed E-state index contributed by atoms with van der Waals surface area (Å²) in [6.45, 7) is 2.38. The maximum Gasteiger partial charge on any atom is 0.241 e. The summed E-state index contributed by atoms with van der Waals surface area (Å²) in [6, 6.07) is 8.00. The molecule has 1 saturated heterocycles. The maximum atomic E-state index is 12.4. The summed E-state index contributed by atoms with van der Waals surface area (Å²) in [5.74, 6) is 2.37. The quantitative estimate of drug-likeness (QED) is 0.825. The van der Waals surface area contributed by atoms with Gasteiger partial charge in [0.05, 0.1) is 13.7 Å². The molecule has 2 heterocycles. The average Bonchev–Trinajstić information content (AvgIpc) is 3.41. The van der Waals surface area contributed by atoms with E-state index in [-0.39, 0.29) is 11.8 Å². The first-order chi connectivity index (χ1) is 13.7. The van der Waals surface area contributed by atoms with Gasteiger partial charge in [0.25, 0.3) is 0 Å². The zero-order valence-electron chi connectivity index (χ0n) is 16.4. The van der Waals surface area contributed by atoms with Crippen LogP contribution in [0.3, 0.4) is 0 Å². The average molecular weight is 384 g/mol. The summed E-state index contributed by atoms with van der Waals surface area (Å²) in [5, 5.41) is 7.33. The number of carbonyl (C=O) groups excluding carboxylic acids is 1. The van der Waals surface area contributed by atoms with Gasteiger partial charge in [-0.05, 0) is 63.0 Å². The molecule has 0 spiro atoms. The Morgan fingerprint density at radius 2 is 1.89 bits per heavy atom. The number of ether oxygens (including phenoxy) is 1. The topological polar surface area (TPSA) is 80.5 Å². The first-order valence-corrected chi connectivity index (χ1v) is 10.2. The van der Waals surface area contributed by atoms with Crippen molar-refractivity contribution in [3.63, 3.8) is 0 Å². The van der Waals surface area contributed by atoms with Crippen molar-refractivity contribution < 1.29 is 14.1 Å². The normalized spacial score (nSPS) is 19.0. The van der Waals surface area contributed by atoms with Gasteiger partial charge in [-0.25, -0.2) is 0 Å². The number of amides is 1. The van der Waals surface area contributed by atoms with Crippen LogP contribution in [0.25, 0.3) is 11.4 Å². The number of hydrogen-bond acceptors (Lipinski definition) is 6. The molecule has 7 nitrogen and oxygen atoms in total. The van der Waals surface area contributed by atoms with E-state index < -0.39 is 0 Å². The summed E-state index contributed by atoms with van der Waals surface area (Å²) < 4.78 is 10.6. The van der Waals surface area contributed by atoms with Crippen molar-refractivity contribution in [1.29, 1.82) is 0 Å². The third kappa shape index (κ3) is 4.52. The van der Waals surface area contributed by atoms with Gasteiger partial charge in [0.15, 0.2) is 0 Å². The molecule has 1 aliphatic heterocycles. The summed E-state index contributed by atoms with van der Waals surface area (Å²) in [4.78, 5) is 19.2. The Kier molecular flexibility index (Phi) is 5.90. The van der Waals surface area contributed by atoms with Crippen LogP contribution in [0.4, 0.5) is 0 Å². The van der Waals surface area contributed by atoms with Crippen molar-refractivity contribution in [3.05, 3.63) is 30.2 Å². The lowest BCUT2D eigenvalue weighted by atomic mass is 9.95. The zero-order valence-corrected chi connectivity index (χ0v) is 16.4. The van der Waals surface area contributed by atoms with Gasteiger partial charge in [-0.3, -0.25) is 9.69 Å². The largest absolute Gasteiger partial charge is 0.497 e. The molecule has 2 aromatic rings. The summed E-state index contributed by atoms with van der Waals surface area (Å²) in [5.41, 5.74) is 0.901. The number of piperidine rings is 1. The molecule has 1 amide bonds. The second-order valence-corrected chi connectivity index (χ2v) is 7.78. The minimum atomic E-state index is 0.134. The van der Waals surface area contributed by atoms with Gasteiger partial charge in [-0.15, -0.1) is 0 Å². The number of rotatable bonds is 6. The lowest BCUT2D eigenvalue weighted by molar-refractivity contribution is -0.127. The highest BCUT2D eigenvalue weighted by molar-refractivity contribution is 5.79. The Hall–Kier alpha value is -2.41. The fourth-order valence-electron chi connectivity index (χ4n) is 4.11. The summed E-state index contributed by atoms with van der Waals surface area (Å²) in [7, 11) is 1.64. The molecule has 4 rings (SSSR count). The van der Waals surface area contributed by atoms with Crippen LogP contribution in [0.2, 0.25) is 0 Å². The lowest BCUT2D eigenvalue weighted by Crippen LogP contribution is -2.43. The fraction of sp³-hybridized carbons (Fsp3) is 0.571. The number of likely N-dealkylation sites (tertiary alicyclic amines) is 1. The predicted octanol–water partition coefficient (Wildman–Crippen LogP) is 3.02. The smallest absolute Gasteiger partial charge is 0.241 e. The van der Waals surface area contributed by atoms with Gasteiger partial charge in [0, 0.05) is 17.5 Å². The van der Waals surface area contributed by atoms with Crippen LogP contribution < -0.4 is 10.1 Å². The molecule has 2 fully saturated rings. The van der Waals surface area contributed by atoms with E-state index in [0.717, 1.165) is 50.1 Å². The summed E-state index contributed by atoms with van der Waals surface area (Å²) >= 11 is 0. The molecule has 0 unspecified atom stereocenters. The first-order valence-electron chi connectivity index (χ1n) is 10.2. The standard InChI is InChI=1S/C21H28N4O3/c1-27-18-8-6-15(7-9-18)20-23-19(28-24-20)14-25-12-10-16(11-13-25)21(26)22-17-4-2-3-5-17/h6-9,16-17H,2-5,10-14H2,1H3,(H,22,26). The lowest BCUT2D eigenvalue weighted by Gasteiger charge is -2.30. The number of nitrogens with zero attached hydrogens (tertiary/aromatic N) is 3. The SMILES string of the molecule is COc1ccc(-c2noc(CN3CCC(C(=O)NC4CCCC4)CC3)n2)cc1. The second kappa shape index (κ2) is 8.73. The monoisotopic (exact) mass is 384 g/mol. The minimum absolute atomic E-state index is 0.134. The number of carbonyl (C=O) groups is 1. The number of methoxy groups -OCH3 is 1. The molecular formula is C21H28N4O3. The molecule has 150 valence electrons. The molecule has 7 heteroatoms. The Balaban J connectivity index is 1.26. The van der Waals surface area contributed by atoms with E-state index in [9.17, 15) is 4.79 Å². The first kappa shape index (κ1) is 18.9. The van der Waals surface area contributed by atoms with Crippen molar-refractivity contribution in [1.82, 2.24) is 20.4 Å². The number of benzene rings is 1. The van der Waals surface area contributed by atoms with Gasteiger partial charge in [0.2, 0.25) is 17.6 Å². The van der Waals surface area contributed by atoms with E-state index in [1.165, 1.54) is 12.8 Å². The Labute approximate surface area is 165 Å². The zero-order chi connectivity index (χ0) is 19.3. The highest BCUT2D eigenvalue weighted by Gasteiger charge is 2.28. The second-order valence-electron chi connectivity index (χ2n) is 7.78. The van der Waals surface area contributed by atoms with Crippen molar-refractivity contribution >= 4 is 5.91 Å². The van der Waals surface area contributed by atoms with Crippen molar-refractivity contribution in [3.8, 4) is 17.1 Å². The van der Waals surface area contributed by atoms with Crippen molar-refractivity contribution in [2.75, 3.05) is 20.2 Å². The highest BCUT2D eigenvalue weighted by atomic mass is 16.5. The van der Waals surface area contributed by atoms with E-state index in [2.05, 4.69) is 20.4 Å². The number of aromatic nitrogens is 2. The van der Waals surface area contributed by atoms with Crippen LogP contribution in [0, 0.1) is 5.92 Å². The molecule has 1 N–H and O–H groups in total. The highest BCUT2D eigenvalue weighted by Crippen LogP contribution is 2.23. The van der Waals surface area contributed by atoms with Crippen molar-refractivity contribution in [2.45, 2.75) is 51.1 Å². The van der Waals surface area contributed by atoms with Crippen LogP contribution >= 0.6 is 0 Å². The Bertz CT molecular complexity index is 775. The van der Waals surface area contributed by atoms with Gasteiger partial charge < -0.3 is 14.6 Å². The molecule has 2 aliphatic rings. The van der Waals surface area contributed by atoms with Gasteiger partial charge in [-0.1, -0.05) is 18.0 Å². The molecule has 0 atom stereocenters. The van der Waals surface area contributed by atoms with Gasteiger partial charge in [-0.2, -0.15) is 4.98 Å².